The van der Waals surface area contributed by atoms with Crippen molar-refractivity contribution in [2.45, 2.75) is 19.1 Å². The summed E-state index contributed by atoms with van der Waals surface area (Å²) in [5, 5.41) is 0. The molecule has 0 atom stereocenters. The molecule has 0 radical (unpaired) electrons. The number of carbonyl (C=O) groups is 1. The van der Waals surface area contributed by atoms with E-state index in [2.05, 4.69) is 15.9 Å². The molecule has 3 rings (SSSR count). The first-order chi connectivity index (χ1) is 11.7. The van der Waals surface area contributed by atoms with Crippen LogP contribution in [-0.2, 0) is 22.6 Å². The van der Waals surface area contributed by atoms with Crippen LogP contribution in [0.4, 0.5) is 0 Å². The highest BCUT2D eigenvalue weighted by Gasteiger charge is 2.30. The Labute approximate surface area is 150 Å². The maximum atomic E-state index is 12.4. The summed E-state index contributed by atoms with van der Waals surface area (Å²) in [5.41, 5.74) is 1.99. The number of halogens is 1. The van der Waals surface area contributed by atoms with Gasteiger partial charge in [-0.05, 0) is 23.8 Å². The number of nitrogens with zero attached hydrogens (tertiary/aromatic N) is 1. The predicted molar refractivity (Wildman–Crippen MR) is 96.0 cm³/mol. The third kappa shape index (κ3) is 4.16. The summed E-state index contributed by atoms with van der Waals surface area (Å²) < 4.78 is 12.1. The number of benzene rings is 2. The summed E-state index contributed by atoms with van der Waals surface area (Å²) in [4.78, 5) is 14.2. The fourth-order valence-corrected chi connectivity index (χ4v) is 3.04. The van der Waals surface area contributed by atoms with Gasteiger partial charge >= 0.3 is 0 Å². The quantitative estimate of drug-likeness (QED) is 0.759. The fourth-order valence-electron chi connectivity index (χ4n) is 2.63. The molecule has 1 heterocycles. The molecule has 0 saturated carbocycles. The molecule has 0 N–H and O–H groups in total. The van der Waals surface area contributed by atoms with Gasteiger partial charge in [-0.15, -0.1) is 0 Å². The van der Waals surface area contributed by atoms with Gasteiger partial charge in [0.05, 0.1) is 12.5 Å². The number of hydrogen-bond acceptors (Lipinski definition) is 3. The summed E-state index contributed by atoms with van der Waals surface area (Å²) in [7, 11) is 1.68. The molecule has 0 aromatic heterocycles. The lowest BCUT2D eigenvalue weighted by Gasteiger charge is -2.38. The summed E-state index contributed by atoms with van der Waals surface area (Å²) in [6.07, 6.45) is 0.505. The first-order valence-electron chi connectivity index (χ1n) is 7.91. The highest BCUT2D eigenvalue weighted by Crippen LogP contribution is 2.26. The molecule has 1 fully saturated rings. The van der Waals surface area contributed by atoms with Crippen molar-refractivity contribution in [2.75, 3.05) is 20.2 Å². The minimum Gasteiger partial charge on any atom is -0.489 e. The predicted octanol–water partition coefficient (Wildman–Crippen LogP) is 3.43. The van der Waals surface area contributed by atoms with Gasteiger partial charge < -0.3 is 14.4 Å². The highest BCUT2D eigenvalue weighted by atomic mass is 79.9. The average molecular weight is 390 g/mol. The molecule has 1 aliphatic heterocycles. The van der Waals surface area contributed by atoms with Crippen molar-refractivity contribution >= 4 is 21.8 Å². The molecular formula is C19H20BrNO3. The van der Waals surface area contributed by atoms with E-state index in [1.54, 1.807) is 7.11 Å². The van der Waals surface area contributed by atoms with Crippen molar-refractivity contribution in [3.8, 4) is 5.75 Å². The molecule has 1 aliphatic rings. The van der Waals surface area contributed by atoms with E-state index in [-0.39, 0.29) is 12.0 Å². The Morgan fingerprint density at radius 2 is 1.96 bits per heavy atom. The highest BCUT2D eigenvalue weighted by molar-refractivity contribution is 9.10. The molecule has 0 spiro atoms. The van der Waals surface area contributed by atoms with Crippen molar-refractivity contribution in [3.05, 3.63) is 64.1 Å². The second-order valence-electron chi connectivity index (χ2n) is 5.86. The maximum absolute atomic E-state index is 12.4. The van der Waals surface area contributed by atoms with E-state index in [4.69, 9.17) is 9.47 Å². The summed E-state index contributed by atoms with van der Waals surface area (Å²) in [5.74, 6) is 0.852. The normalized spacial score (nSPS) is 14.3. The minimum absolute atomic E-state index is 0.103. The second kappa shape index (κ2) is 7.81. The largest absolute Gasteiger partial charge is 0.489 e. The molecule has 24 heavy (non-hydrogen) atoms. The van der Waals surface area contributed by atoms with Gasteiger partial charge in [-0.3, -0.25) is 4.79 Å². The van der Waals surface area contributed by atoms with Crippen LogP contribution in [0.15, 0.2) is 53.0 Å². The molecule has 0 bridgehead atoms. The lowest BCUT2D eigenvalue weighted by atomic mass is 10.1. The summed E-state index contributed by atoms with van der Waals surface area (Å²) in [6, 6.07) is 15.8. The van der Waals surface area contributed by atoms with E-state index >= 15 is 0 Å². The van der Waals surface area contributed by atoms with E-state index in [9.17, 15) is 4.79 Å². The lowest BCUT2D eigenvalue weighted by molar-refractivity contribution is -0.142. The van der Waals surface area contributed by atoms with Crippen LogP contribution in [0, 0.1) is 0 Å². The van der Waals surface area contributed by atoms with Gasteiger partial charge in [0.25, 0.3) is 0 Å². The zero-order valence-corrected chi connectivity index (χ0v) is 15.2. The standard InChI is InChI=1S/C19H20BrNO3/c1-23-17-11-21(12-17)19(22)10-15-9-16(20)7-8-18(15)24-13-14-5-3-2-4-6-14/h2-9,17H,10-13H2,1H3. The Morgan fingerprint density at radius 3 is 2.67 bits per heavy atom. The molecule has 0 unspecified atom stereocenters. The molecule has 0 aliphatic carbocycles. The summed E-state index contributed by atoms with van der Waals surface area (Å²) in [6.45, 7) is 1.83. The Kier molecular flexibility index (Phi) is 5.53. The van der Waals surface area contributed by atoms with E-state index in [1.165, 1.54) is 0 Å². The minimum atomic E-state index is 0.103. The molecule has 1 amide bonds. The van der Waals surface area contributed by atoms with Gasteiger partial charge in [0.2, 0.25) is 5.91 Å². The Balaban J connectivity index is 1.66. The van der Waals surface area contributed by atoms with Crippen LogP contribution in [-0.4, -0.2) is 37.1 Å². The third-order valence-corrected chi connectivity index (χ3v) is 4.63. The molecule has 5 heteroatoms. The van der Waals surface area contributed by atoms with Crippen molar-refractivity contribution in [1.29, 1.82) is 0 Å². The van der Waals surface area contributed by atoms with Gasteiger partial charge in [0.15, 0.2) is 0 Å². The number of hydrogen-bond donors (Lipinski definition) is 0. The van der Waals surface area contributed by atoms with Crippen LogP contribution in [0.3, 0.4) is 0 Å². The van der Waals surface area contributed by atoms with Crippen LogP contribution < -0.4 is 4.74 Å². The molecule has 2 aromatic carbocycles. The molecule has 2 aromatic rings. The van der Waals surface area contributed by atoms with Crippen molar-refractivity contribution < 1.29 is 14.3 Å². The number of amides is 1. The van der Waals surface area contributed by atoms with Crippen LogP contribution in [0.5, 0.6) is 5.75 Å². The van der Waals surface area contributed by atoms with Crippen LogP contribution in [0.2, 0.25) is 0 Å². The Hall–Kier alpha value is -1.85. The molecule has 126 valence electrons. The van der Waals surface area contributed by atoms with Gasteiger partial charge in [-0.1, -0.05) is 46.3 Å². The number of methoxy groups -OCH3 is 1. The maximum Gasteiger partial charge on any atom is 0.227 e. The second-order valence-corrected chi connectivity index (χ2v) is 6.78. The SMILES string of the molecule is COC1CN(C(=O)Cc2cc(Br)ccc2OCc2ccccc2)C1. The lowest BCUT2D eigenvalue weighted by Crippen LogP contribution is -2.54. The average Bonchev–Trinajstić information content (AvgIpc) is 2.54. The number of likely N-dealkylation sites (tertiary alicyclic amines) is 1. The van der Waals surface area contributed by atoms with E-state index in [1.807, 2.05) is 53.4 Å². The smallest absolute Gasteiger partial charge is 0.227 e. The van der Waals surface area contributed by atoms with E-state index in [0.29, 0.717) is 26.1 Å². The van der Waals surface area contributed by atoms with Crippen molar-refractivity contribution in [1.82, 2.24) is 4.90 Å². The van der Waals surface area contributed by atoms with E-state index in [0.717, 1.165) is 21.3 Å². The van der Waals surface area contributed by atoms with Crippen LogP contribution >= 0.6 is 15.9 Å². The van der Waals surface area contributed by atoms with Gasteiger partial charge in [-0.2, -0.15) is 0 Å². The Bertz CT molecular complexity index is 699. The van der Waals surface area contributed by atoms with Crippen molar-refractivity contribution in [3.63, 3.8) is 0 Å². The molecular weight excluding hydrogens is 370 g/mol. The third-order valence-electron chi connectivity index (χ3n) is 4.14. The zero-order chi connectivity index (χ0) is 16.9. The topological polar surface area (TPSA) is 38.8 Å². The fraction of sp³-hybridized carbons (Fsp3) is 0.316. The monoisotopic (exact) mass is 389 g/mol. The van der Waals surface area contributed by atoms with Crippen LogP contribution in [0.25, 0.3) is 0 Å². The first kappa shape index (κ1) is 17.0. The van der Waals surface area contributed by atoms with Crippen molar-refractivity contribution in [2.24, 2.45) is 0 Å². The number of ether oxygens (including phenoxy) is 2. The van der Waals surface area contributed by atoms with Crippen LogP contribution in [0.1, 0.15) is 11.1 Å². The zero-order valence-electron chi connectivity index (χ0n) is 13.6. The number of carbonyl (C=O) groups excluding carboxylic acids is 1. The number of rotatable bonds is 6. The molecule has 1 saturated heterocycles. The first-order valence-corrected chi connectivity index (χ1v) is 8.70. The van der Waals surface area contributed by atoms with Gasteiger partial charge in [-0.25, -0.2) is 0 Å². The van der Waals surface area contributed by atoms with E-state index < -0.39 is 0 Å². The molecule has 4 nitrogen and oxygen atoms in total. The van der Waals surface area contributed by atoms with Gasteiger partial charge in [0, 0.05) is 30.2 Å². The Morgan fingerprint density at radius 1 is 1.21 bits per heavy atom. The summed E-state index contributed by atoms with van der Waals surface area (Å²) >= 11 is 3.47. The van der Waals surface area contributed by atoms with Gasteiger partial charge in [0.1, 0.15) is 12.4 Å².